The summed E-state index contributed by atoms with van der Waals surface area (Å²) in [7, 11) is 0. The molecule has 0 saturated carbocycles. The zero-order valence-corrected chi connectivity index (χ0v) is 13.9. The molecule has 4 nitrogen and oxygen atoms in total. The Hall–Kier alpha value is -1.40. The van der Waals surface area contributed by atoms with Crippen molar-refractivity contribution in [2.24, 2.45) is 5.92 Å². The van der Waals surface area contributed by atoms with Crippen molar-refractivity contribution in [1.82, 2.24) is 10.6 Å². The third-order valence-corrected chi connectivity index (χ3v) is 3.73. The minimum absolute atomic E-state index is 0. The summed E-state index contributed by atoms with van der Waals surface area (Å²) in [6, 6.07) is 2.91. The SMILES string of the molecule is CC(COc1ccc(F)cc1F)NC(=O)CCC1CCNC1.Cl. The number of hydrogen-bond acceptors (Lipinski definition) is 3. The average Bonchev–Trinajstić information content (AvgIpc) is 2.97. The number of benzene rings is 1. The van der Waals surface area contributed by atoms with E-state index in [1.807, 2.05) is 0 Å². The number of rotatable bonds is 7. The van der Waals surface area contributed by atoms with Crippen LogP contribution in [-0.4, -0.2) is 31.6 Å². The van der Waals surface area contributed by atoms with Crippen molar-refractivity contribution in [2.45, 2.75) is 32.2 Å². The number of carbonyl (C=O) groups excluding carboxylic acids is 1. The monoisotopic (exact) mass is 348 g/mol. The van der Waals surface area contributed by atoms with Crippen LogP contribution in [0.15, 0.2) is 18.2 Å². The lowest BCUT2D eigenvalue weighted by molar-refractivity contribution is -0.122. The number of carbonyl (C=O) groups is 1. The topological polar surface area (TPSA) is 50.4 Å². The van der Waals surface area contributed by atoms with Crippen LogP contribution in [0.25, 0.3) is 0 Å². The standard InChI is InChI=1S/C16H22F2N2O2.ClH/c1-11(10-22-15-4-3-13(17)8-14(15)18)20-16(21)5-2-12-6-7-19-9-12;/h3-4,8,11-12,19H,2,5-7,9-10H2,1H3,(H,20,21);1H. The van der Waals surface area contributed by atoms with Crippen molar-refractivity contribution in [3.05, 3.63) is 29.8 Å². The quantitative estimate of drug-likeness (QED) is 0.796. The first kappa shape index (κ1) is 19.6. The molecule has 1 fully saturated rings. The van der Waals surface area contributed by atoms with Gasteiger partial charge in [0, 0.05) is 12.5 Å². The van der Waals surface area contributed by atoms with Crippen LogP contribution in [0, 0.1) is 17.6 Å². The van der Waals surface area contributed by atoms with E-state index >= 15 is 0 Å². The minimum Gasteiger partial charge on any atom is -0.488 e. The molecule has 0 spiro atoms. The number of amides is 1. The Morgan fingerprint density at radius 3 is 2.91 bits per heavy atom. The van der Waals surface area contributed by atoms with Crippen molar-refractivity contribution in [3.63, 3.8) is 0 Å². The third kappa shape index (κ3) is 6.71. The van der Waals surface area contributed by atoms with Crippen molar-refractivity contribution < 1.29 is 18.3 Å². The predicted molar refractivity (Wildman–Crippen MR) is 86.9 cm³/mol. The molecule has 23 heavy (non-hydrogen) atoms. The van der Waals surface area contributed by atoms with Gasteiger partial charge in [-0.05, 0) is 50.9 Å². The molecular weight excluding hydrogens is 326 g/mol. The molecule has 7 heteroatoms. The summed E-state index contributed by atoms with van der Waals surface area (Å²) in [5, 5.41) is 6.09. The van der Waals surface area contributed by atoms with Crippen LogP contribution in [0.3, 0.4) is 0 Å². The molecule has 1 heterocycles. The van der Waals surface area contributed by atoms with Gasteiger partial charge >= 0.3 is 0 Å². The van der Waals surface area contributed by atoms with E-state index < -0.39 is 11.6 Å². The Bertz CT molecular complexity index is 511. The van der Waals surface area contributed by atoms with E-state index in [1.165, 1.54) is 6.07 Å². The first-order chi connectivity index (χ1) is 10.5. The fourth-order valence-electron chi connectivity index (χ4n) is 2.49. The van der Waals surface area contributed by atoms with Crippen LogP contribution < -0.4 is 15.4 Å². The average molecular weight is 349 g/mol. The van der Waals surface area contributed by atoms with Gasteiger partial charge in [0.25, 0.3) is 0 Å². The molecule has 2 rings (SSSR count). The summed E-state index contributed by atoms with van der Waals surface area (Å²) in [5.74, 6) is -0.854. The van der Waals surface area contributed by atoms with Gasteiger partial charge in [-0.3, -0.25) is 4.79 Å². The summed E-state index contributed by atoms with van der Waals surface area (Å²) in [6.45, 7) is 3.94. The third-order valence-electron chi connectivity index (χ3n) is 3.73. The number of halogens is 3. The largest absolute Gasteiger partial charge is 0.488 e. The van der Waals surface area contributed by atoms with Crippen molar-refractivity contribution >= 4 is 18.3 Å². The highest BCUT2D eigenvalue weighted by atomic mass is 35.5. The van der Waals surface area contributed by atoms with Gasteiger partial charge in [0.1, 0.15) is 12.4 Å². The molecule has 0 aliphatic carbocycles. The Morgan fingerprint density at radius 2 is 2.26 bits per heavy atom. The zero-order valence-electron chi connectivity index (χ0n) is 13.1. The summed E-state index contributed by atoms with van der Waals surface area (Å²) in [6.07, 6.45) is 2.48. The first-order valence-corrected chi connectivity index (χ1v) is 7.62. The van der Waals surface area contributed by atoms with E-state index in [0.29, 0.717) is 12.3 Å². The van der Waals surface area contributed by atoms with E-state index in [2.05, 4.69) is 10.6 Å². The Balaban J connectivity index is 0.00000264. The van der Waals surface area contributed by atoms with E-state index in [1.54, 1.807) is 6.92 Å². The molecule has 1 amide bonds. The second kappa shape index (κ2) is 9.67. The highest BCUT2D eigenvalue weighted by Crippen LogP contribution is 2.18. The maximum absolute atomic E-state index is 13.4. The second-order valence-electron chi connectivity index (χ2n) is 5.75. The molecule has 1 aliphatic rings. The summed E-state index contributed by atoms with van der Waals surface area (Å²) in [5.41, 5.74) is 0. The molecule has 1 saturated heterocycles. The van der Waals surface area contributed by atoms with Crippen LogP contribution in [-0.2, 0) is 4.79 Å². The maximum atomic E-state index is 13.4. The minimum atomic E-state index is -0.743. The molecule has 1 aromatic carbocycles. The first-order valence-electron chi connectivity index (χ1n) is 7.62. The van der Waals surface area contributed by atoms with Gasteiger partial charge in [-0.25, -0.2) is 8.78 Å². The van der Waals surface area contributed by atoms with Crippen LogP contribution in [0.4, 0.5) is 8.78 Å². The van der Waals surface area contributed by atoms with Gasteiger partial charge in [-0.15, -0.1) is 12.4 Å². The van der Waals surface area contributed by atoms with Crippen molar-refractivity contribution in [3.8, 4) is 5.75 Å². The predicted octanol–water partition coefficient (Wildman–Crippen LogP) is 2.66. The van der Waals surface area contributed by atoms with Crippen molar-refractivity contribution in [2.75, 3.05) is 19.7 Å². The Labute approximate surface area is 141 Å². The lowest BCUT2D eigenvalue weighted by atomic mass is 10.0. The van der Waals surface area contributed by atoms with Crippen molar-refractivity contribution in [1.29, 1.82) is 0 Å². The maximum Gasteiger partial charge on any atom is 0.220 e. The summed E-state index contributed by atoms with van der Waals surface area (Å²) in [4.78, 5) is 11.8. The highest BCUT2D eigenvalue weighted by molar-refractivity contribution is 5.85. The van der Waals surface area contributed by atoms with Gasteiger partial charge in [0.15, 0.2) is 11.6 Å². The van der Waals surface area contributed by atoms with Gasteiger partial charge < -0.3 is 15.4 Å². The van der Waals surface area contributed by atoms with Crippen LogP contribution in [0.2, 0.25) is 0 Å². The molecule has 1 aromatic rings. The normalized spacial score (nSPS) is 18.1. The molecule has 2 atom stereocenters. The summed E-state index contributed by atoms with van der Waals surface area (Å²) >= 11 is 0. The fourth-order valence-corrected chi connectivity index (χ4v) is 2.49. The number of ether oxygens (including phenoxy) is 1. The van der Waals surface area contributed by atoms with Gasteiger partial charge in [0.05, 0.1) is 6.04 Å². The highest BCUT2D eigenvalue weighted by Gasteiger charge is 2.16. The molecule has 0 radical (unpaired) electrons. The fraction of sp³-hybridized carbons (Fsp3) is 0.562. The van der Waals surface area contributed by atoms with Crippen LogP contribution in [0.5, 0.6) is 5.75 Å². The lowest BCUT2D eigenvalue weighted by Crippen LogP contribution is -2.37. The van der Waals surface area contributed by atoms with E-state index in [0.717, 1.165) is 38.1 Å². The van der Waals surface area contributed by atoms with E-state index in [4.69, 9.17) is 4.74 Å². The molecule has 0 bridgehead atoms. The summed E-state index contributed by atoms with van der Waals surface area (Å²) < 4.78 is 31.4. The molecule has 2 N–H and O–H groups in total. The molecule has 0 aromatic heterocycles. The zero-order chi connectivity index (χ0) is 15.9. The van der Waals surface area contributed by atoms with Crippen LogP contribution >= 0.6 is 12.4 Å². The van der Waals surface area contributed by atoms with Crippen LogP contribution in [0.1, 0.15) is 26.2 Å². The number of hydrogen-bond donors (Lipinski definition) is 2. The molecule has 130 valence electrons. The molecule has 1 aliphatic heterocycles. The lowest BCUT2D eigenvalue weighted by Gasteiger charge is -2.16. The van der Waals surface area contributed by atoms with E-state index in [9.17, 15) is 13.6 Å². The smallest absolute Gasteiger partial charge is 0.220 e. The Morgan fingerprint density at radius 1 is 1.48 bits per heavy atom. The van der Waals surface area contributed by atoms with Gasteiger partial charge in [-0.2, -0.15) is 0 Å². The Kier molecular flexibility index (Phi) is 8.26. The van der Waals surface area contributed by atoms with Gasteiger partial charge in [-0.1, -0.05) is 0 Å². The van der Waals surface area contributed by atoms with Gasteiger partial charge in [0.2, 0.25) is 5.91 Å². The molecule has 2 unspecified atom stereocenters. The van der Waals surface area contributed by atoms with E-state index in [-0.39, 0.29) is 36.7 Å². The molecular formula is C16H23ClF2N2O2. The second-order valence-corrected chi connectivity index (χ2v) is 5.75. The number of nitrogens with one attached hydrogen (secondary N) is 2.